The molecule has 2 amide bonds. The van der Waals surface area contributed by atoms with Crippen molar-refractivity contribution in [3.8, 4) is 5.75 Å². The standard InChI is InChI=1S/C30H29F9N2O7/c1-15-25(18-9-20(28(31,32)33)12-21(10-18)29(34,35)36)47-27(46)40(15)14-19-11-22(48-30(37,38)39)6-7-23(19)41(26(44)45)13-17-4-2-16(3-5-17)8-24(42)43/h6-7,9-12,15-17,25H,2-5,8,13-14H2,1H3,(H,42,43)(H,44,45)/t15-,16-,17-,25-/m0/s1. The van der Waals surface area contributed by atoms with Crippen LogP contribution in [0.3, 0.4) is 0 Å². The van der Waals surface area contributed by atoms with E-state index < -0.39 is 78.0 Å². The van der Waals surface area contributed by atoms with E-state index >= 15 is 0 Å². The Morgan fingerprint density at radius 3 is 1.96 bits per heavy atom. The third kappa shape index (κ3) is 8.94. The second-order valence-electron chi connectivity index (χ2n) is 11.7. The zero-order chi connectivity index (χ0) is 35.8. The van der Waals surface area contributed by atoms with Gasteiger partial charge >= 0.3 is 36.9 Å². The van der Waals surface area contributed by atoms with E-state index in [2.05, 4.69) is 4.74 Å². The number of hydrogen-bond acceptors (Lipinski definition) is 5. The van der Waals surface area contributed by atoms with Crippen LogP contribution in [0.5, 0.6) is 5.75 Å². The van der Waals surface area contributed by atoms with Gasteiger partial charge in [0.15, 0.2) is 0 Å². The Balaban J connectivity index is 1.66. The number of halogens is 9. The molecule has 2 atom stereocenters. The lowest BCUT2D eigenvalue weighted by Crippen LogP contribution is -2.37. The van der Waals surface area contributed by atoms with Crippen LogP contribution in [0, 0.1) is 11.8 Å². The number of carbonyl (C=O) groups excluding carboxylic acids is 1. The van der Waals surface area contributed by atoms with Gasteiger partial charge in [-0.1, -0.05) is 0 Å². The van der Waals surface area contributed by atoms with E-state index in [1.54, 1.807) is 0 Å². The van der Waals surface area contributed by atoms with Crippen LogP contribution in [-0.2, 0) is 28.4 Å². The fourth-order valence-corrected chi connectivity index (χ4v) is 6.04. The molecule has 2 fully saturated rings. The summed E-state index contributed by atoms with van der Waals surface area (Å²) in [6, 6.07) is 2.11. The first kappa shape index (κ1) is 36.5. The highest BCUT2D eigenvalue weighted by Gasteiger charge is 2.44. The SMILES string of the molecule is C[C@H]1[C@@H](c2cc(C(F)(F)F)cc(C(F)(F)F)c2)OC(=O)N1Cc1cc(OC(F)(F)F)ccc1N(C[C@H]1CC[C@H](CC(=O)O)CC1)C(=O)O. The molecule has 9 nitrogen and oxygen atoms in total. The molecule has 2 aliphatic rings. The van der Waals surface area contributed by atoms with Gasteiger partial charge in [-0.3, -0.25) is 14.6 Å². The molecule has 2 aromatic rings. The number of benzene rings is 2. The molecule has 0 bridgehead atoms. The Kier molecular flexibility index (Phi) is 10.3. The van der Waals surface area contributed by atoms with Crippen molar-refractivity contribution < 1.29 is 73.6 Å². The van der Waals surface area contributed by atoms with Gasteiger partial charge in [0, 0.05) is 13.0 Å². The van der Waals surface area contributed by atoms with E-state index in [9.17, 15) is 59.0 Å². The van der Waals surface area contributed by atoms with Gasteiger partial charge in [0.05, 0.1) is 29.4 Å². The molecular formula is C30H29F9N2O7. The van der Waals surface area contributed by atoms with Crippen LogP contribution in [0.1, 0.15) is 67.4 Å². The molecule has 48 heavy (non-hydrogen) atoms. The molecule has 1 aliphatic carbocycles. The van der Waals surface area contributed by atoms with E-state index in [-0.39, 0.29) is 42.1 Å². The molecule has 2 aromatic carbocycles. The highest BCUT2D eigenvalue weighted by molar-refractivity contribution is 5.87. The zero-order valence-electron chi connectivity index (χ0n) is 25.0. The number of carboxylic acids is 1. The Morgan fingerprint density at radius 1 is 0.896 bits per heavy atom. The van der Waals surface area contributed by atoms with E-state index in [1.807, 2.05) is 0 Å². The maximum Gasteiger partial charge on any atom is 0.573 e. The van der Waals surface area contributed by atoms with E-state index in [4.69, 9.17) is 9.84 Å². The third-order valence-electron chi connectivity index (χ3n) is 8.35. The zero-order valence-corrected chi connectivity index (χ0v) is 25.0. The summed E-state index contributed by atoms with van der Waals surface area (Å²) >= 11 is 0. The summed E-state index contributed by atoms with van der Waals surface area (Å²) in [6.45, 7) is 0.430. The van der Waals surface area contributed by atoms with Crippen LogP contribution in [0.2, 0.25) is 0 Å². The average Bonchev–Trinajstić information content (AvgIpc) is 3.23. The van der Waals surface area contributed by atoms with Gasteiger partial charge in [0.2, 0.25) is 0 Å². The summed E-state index contributed by atoms with van der Waals surface area (Å²) in [5.74, 6) is -2.12. The van der Waals surface area contributed by atoms with Gasteiger partial charge in [-0.15, -0.1) is 13.2 Å². The Bertz CT molecular complexity index is 1490. The van der Waals surface area contributed by atoms with Crippen LogP contribution in [0.15, 0.2) is 36.4 Å². The third-order valence-corrected chi connectivity index (χ3v) is 8.35. The maximum atomic E-state index is 13.5. The minimum Gasteiger partial charge on any atom is -0.481 e. The smallest absolute Gasteiger partial charge is 0.481 e. The molecule has 4 rings (SSSR count). The lowest BCUT2D eigenvalue weighted by atomic mass is 9.80. The summed E-state index contributed by atoms with van der Waals surface area (Å²) in [5, 5.41) is 19.1. The van der Waals surface area contributed by atoms with Crippen molar-refractivity contribution in [3.05, 3.63) is 58.7 Å². The van der Waals surface area contributed by atoms with Crippen LogP contribution < -0.4 is 9.64 Å². The first-order valence-corrected chi connectivity index (χ1v) is 14.5. The molecule has 1 saturated carbocycles. The number of carbonyl (C=O) groups is 3. The summed E-state index contributed by atoms with van der Waals surface area (Å²) < 4.78 is 129. The molecule has 0 aromatic heterocycles. The first-order valence-electron chi connectivity index (χ1n) is 14.5. The number of aliphatic carboxylic acids is 1. The number of rotatable bonds is 9. The topological polar surface area (TPSA) is 117 Å². The monoisotopic (exact) mass is 700 g/mol. The summed E-state index contributed by atoms with van der Waals surface area (Å²) in [7, 11) is 0. The average molecular weight is 701 g/mol. The molecule has 1 saturated heterocycles. The normalized spacial score (nSPS) is 22.0. The highest BCUT2D eigenvalue weighted by atomic mass is 19.4. The van der Waals surface area contributed by atoms with Gasteiger partial charge in [0.25, 0.3) is 0 Å². The molecule has 18 heteroatoms. The number of nitrogens with zero attached hydrogens (tertiary/aromatic N) is 2. The van der Waals surface area contributed by atoms with Gasteiger partial charge < -0.3 is 19.7 Å². The molecule has 0 unspecified atom stereocenters. The van der Waals surface area contributed by atoms with Crippen molar-refractivity contribution in [2.75, 3.05) is 11.4 Å². The van der Waals surface area contributed by atoms with Gasteiger partial charge in [-0.2, -0.15) is 26.3 Å². The number of anilines is 1. The van der Waals surface area contributed by atoms with Crippen LogP contribution in [0.4, 0.5) is 54.8 Å². The number of hydrogen-bond donors (Lipinski definition) is 2. The Labute approximate surface area is 266 Å². The molecule has 264 valence electrons. The van der Waals surface area contributed by atoms with Gasteiger partial charge in [-0.25, -0.2) is 9.59 Å². The highest BCUT2D eigenvalue weighted by Crippen LogP contribution is 2.42. The minimum atomic E-state index is -5.19. The minimum absolute atomic E-state index is 0.0523. The Morgan fingerprint density at radius 2 is 1.46 bits per heavy atom. The number of carboxylic acid groups (broad SMARTS) is 2. The van der Waals surface area contributed by atoms with Crippen molar-refractivity contribution in [2.24, 2.45) is 11.8 Å². The van der Waals surface area contributed by atoms with Crippen LogP contribution in [-0.4, -0.2) is 52.2 Å². The number of cyclic esters (lactones) is 1. The number of alkyl halides is 9. The van der Waals surface area contributed by atoms with Crippen molar-refractivity contribution in [1.82, 2.24) is 4.90 Å². The number of ether oxygens (including phenoxy) is 2. The molecule has 2 N–H and O–H groups in total. The lowest BCUT2D eigenvalue weighted by Gasteiger charge is -2.32. The van der Waals surface area contributed by atoms with E-state index in [0.29, 0.717) is 37.8 Å². The van der Waals surface area contributed by atoms with Crippen molar-refractivity contribution in [3.63, 3.8) is 0 Å². The van der Waals surface area contributed by atoms with Crippen LogP contribution >= 0.6 is 0 Å². The predicted octanol–water partition coefficient (Wildman–Crippen LogP) is 8.47. The van der Waals surface area contributed by atoms with Crippen molar-refractivity contribution in [2.45, 2.75) is 76.4 Å². The fraction of sp³-hybridized carbons (Fsp3) is 0.500. The quantitative estimate of drug-likeness (QED) is 0.252. The molecule has 1 heterocycles. The molecule has 0 spiro atoms. The summed E-state index contributed by atoms with van der Waals surface area (Å²) in [6.07, 6.45) is -18.1. The van der Waals surface area contributed by atoms with E-state index in [1.165, 1.54) is 6.92 Å². The molecular weight excluding hydrogens is 671 g/mol. The largest absolute Gasteiger partial charge is 0.573 e. The predicted molar refractivity (Wildman–Crippen MR) is 147 cm³/mol. The second kappa shape index (κ2) is 13.6. The Hall–Kier alpha value is -4.38. The summed E-state index contributed by atoms with van der Waals surface area (Å²) in [5.41, 5.74) is -4.31. The second-order valence-corrected chi connectivity index (χ2v) is 11.7. The van der Waals surface area contributed by atoms with Crippen molar-refractivity contribution in [1.29, 1.82) is 0 Å². The van der Waals surface area contributed by atoms with Gasteiger partial charge in [0.1, 0.15) is 11.9 Å². The number of amides is 2. The summed E-state index contributed by atoms with van der Waals surface area (Å²) in [4.78, 5) is 38.1. The first-order chi connectivity index (χ1) is 22.1. The lowest BCUT2D eigenvalue weighted by molar-refractivity contribution is -0.274. The van der Waals surface area contributed by atoms with Crippen molar-refractivity contribution >= 4 is 23.8 Å². The van der Waals surface area contributed by atoms with E-state index in [0.717, 1.165) is 28.0 Å². The fourth-order valence-electron chi connectivity index (χ4n) is 6.04. The molecule has 1 aliphatic heterocycles. The maximum absolute atomic E-state index is 13.5. The molecule has 0 radical (unpaired) electrons. The van der Waals surface area contributed by atoms with Gasteiger partial charge in [-0.05, 0) is 92.0 Å². The van der Waals surface area contributed by atoms with Crippen LogP contribution in [0.25, 0.3) is 0 Å².